The summed E-state index contributed by atoms with van der Waals surface area (Å²) in [5.41, 5.74) is 11.3. The van der Waals surface area contributed by atoms with E-state index in [2.05, 4.69) is 0 Å². The maximum absolute atomic E-state index is 11.2. The van der Waals surface area contributed by atoms with Crippen LogP contribution in [0.1, 0.15) is 5.56 Å². The summed E-state index contributed by atoms with van der Waals surface area (Å²) in [6, 6.07) is 7.65. The van der Waals surface area contributed by atoms with Crippen molar-refractivity contribution in [2.45, 2.75) is 12.5 Å². The quantitative estimate of drug-likeness (QED) is 0.637. The highest BCUT2D eigenvalue weighted by Gasteiger charge is 2.14. The summed E-state index contributed by atoms with van der Waals surface area (Å²) < 4.78 is 0. The lowest BCUT2D eigenvalue weighted by Crippen LogP contribution is -2.46. The molecule has 0 radical (unpaired) electrons. The Morgan fingerprint density at radius 1 is 1.27 bits per heavy atom. The lowest BCUT2D eigenvalue weighted by Gasteiger charge is -2.09. The topological polar surface area (TPSA) is 98.2 Å². The molecule has 0 aliphatic rings. The Labute approximate surface area is 87.4 Å². The van der Waals surface area contributed by atoms with Crippen molar-refractivity contribution < 1.29 is 9.59 Å². The fourth-order valence-corrected chi connectivity index (χ4v) is 1.17. The lowest BCUT2D eigenvalue weighted by atomic mass is 10.1. The van der Waals surface area contributed by atoms with Crippen LogP contribution in [-0.4, -0.2) is 18.0 Å². The van der Waals surface area contributed by atoms with Gasteiger partial charge in [0.15, 0.2) is 0 Å². The monoisotopic (exact) mass is 207 g/mol. The van der Waals surface area contributed by atoms with E-state index in [4.69, 9.17) is 11.5 Å². The minimum absolute atomic E-state index is 0.375. The second kappa shape index (κ2) is 5.11. The van der Waals surface area contributed by atoms with Gasteiger partial charge in [-0.3, -0.25) is 10.1 Å². The molecular formula is C10H13N3O2. The predicted molar refractivity (Wildman–Crippen MR) is 55.8 cm³/mol. The first-order valence-electron chi connectivity index (χ1n) is 4.49. The van der Waals surface area contributed by atoms with Gasteiger partial charge in [-0.15, -0.1) is 0 Å². The SMILES string of the molecule is NC(=O)NC(=O)C(N)Cc1ccccc1. The fraction of sp³-hybridized carbons (Fsp3) is 0.200. The zero-order valence-electron chi connectivity index (χ0n) is 8.14. The molecule has 15 heavy (non-hydrogen) atoms. The number of nitrogens with two attached hydrogens (primary N) is 2. The number of carbonyl (C=O) groups is 2. The zero-order chi connectivity index (χ0) is 11.3. The molecular weight excluding hydrogens is 194 g/mol. The van der Waals surface area contributed by atoms with Crippen LogP contribution in [0.25, 0.3) is 0 Å². The third kappa shape index (κ3) is 3.78. The molecule has 0 aliphatic carbocycles. The van der Waals surface area contributed by atoms with Gasteiger partial charge in [-0.25, -0.2) is 4.79 Å². The molecule has 0 heterocycles. The van der Waals surface area contributed by atoms with E-state index in [-0.39, 0.29) is 0 Å². The molecule has 1 aromatic rings. The number of imide groups is 1. The van der Waals surface area contributed by atoms with Crippen LogP contribution in [0.4, 0.5) is 4.79 Å². The second-order valence-corrected chi connectivity index (χ2v) is 3.15. The maximum Gasteiger partial charge on any atom is 0.318 e. The van der Waals surface area contributed by atoms with Crippen molar-refractivity contribution in [1.29, 1.82) is 0 Å². The number of hydrogen-bond acceptors (Lipinski definition) is 3. The summed E-state index contributed by atoms with van der Waals surface area (Å²) in [6.07, 6.45) is 0.375. The van der Waals surface area contributed by atoms with Crippen molar-refractivity contribution in [3.05, 3.63) is 35.9 Å². The maximum atomic E-state index is 11.2. The van der Waals surface area contributed by atoms with Crippen molar-refractivity contribution in [2.75, 3.05) is 0 Å². The molecule has 0 aliphatic heterocycles. The van der Waals surface area contributed by atoms with Gasteiger partial charge in [0.25, 0.3) is 0 Å². The molecule has 0 fully saturated rings. The summed E-state index contributed by atoms with van der Waals surface area (Å²) >= 11 is 0. The van der Waals surface area contributed by atoms with Gasteiger partial charge < -0.3 is 11.5 Å². The van der Waals surface area contributed by atoms with Crippen molar-refractivity contribution in [2.24, 2.45) is 11.5 Å². The normalized spacial score (nSPS) is 11.8. The highest BCUT2D eigenvalue weighted by atomic mass is 16.2. The number of rotatable bonds is 3. The number of amides is 3. The third-order valence-corrected chi connectivity index (χ3v) is 1.88. The number of urea groups is 1. The minimum atomic E-state index is -0.886. The summed E-state index contributed by atoms with van der Waals surface area (Å²) in [7, 11) is 0. The Balaban J connectivity index is 2.52. The van der Waals surface area contributed by atoms with Gasteiger partial charge in [-0.05, 0) is 12.0 Å². The molecule has 0 saturated heterocycles. The highest BCUT2D eigenvalue weighted by Crippen LogP contribution is 2.01. The average Bonchev–Trinajstić information content (AvgIpc) is 2.18. The van der Waals surface area contributed by atoms with Crippen molar-refractivity contribution in [3.8, 4) is 0 Å². The number of carbonyl (C=O) groups excluding carboxylic acids is 2. The molecule has 0 aromatic heterocycles. The molecule has 0 saturated carbocycles. The molecule has 1 aromatic carbocycles. The van der Waals surface area contributed by atoms with Crippen molar-refractivity contribution in [3.63, 3.8) is 0 Å². The molecule has 5 heteroatoms. The van der Waals surface area contributed by atoms with E-state index in [0.29, 0.717) is 6.42 Å². The molecule has 0 bridgehead atoms. The largest absolute Gasteiger partial charge is 0.351 e. The minimum Gasteiger partial charge on any atom is -0.351 e. The van der Waals surface area contributed by atoms with E-state index in [1.54, 1.807) is 0 Å². The molecule has 0 spiro atoms. The average molecular weight is 207 g/mol. The van der Waals surface area contributed by atoms with E-state index in [1.807, 2.05) is 35.6 Å². The number of primary amides is 1. The zero-order valence-corrected chi connectivity index (χ0v) is 8.14. The van der Waals surface area contributed by atoms with Crippen molar-refractivity contribution in [1.82, 2.24) is 5.32 Å². The Bertz CT molecular complexity index is 351. The summed E-state index contributed by atoms with van der Waals surface area (Å²) in [6.45, 7) is 0. The first kappa shape index (κ1) is 11.2. The molecule has 1 rings (SSSR count). The first-order chi connectivity index (χ1) is 7.09. The standard InChI is InChI=1S/C10H13N3O2/c11-8(9(14)13-10(12)15)6-7-4-2-1-3-5-7/h1-5,8H,6,11H2,(H3,12,13,14,15). The molecule has 3 amide bonds. The molecule has 5 nitrogen and oxygen atoms in total. The highest BCUT2D eigenvalue weighted by molar-refractivity contribution is 5.96. The van der Waals surface area contributed by atoms with E-state index in [0.717, 1.165) is 5.56 Å². The summed E-state index contributed by atoms with van der Waals surface area (Å²) in [5, 5.41) is 1.94. The predicted octanol–water partition coefficient (Wildman–Crippen LogP) is -0.249. The van der Waals surface area contributed by atoms with Gasteiger partial charge in [-0.2, -0.15) is 0 Å². The van der Waals surface area contributed by atoms with Crippen LogP contribution >= 0.6 is 0 Å². The molecule has 1 atom stereocenters. The van der Waals surface area contributed by atoms with Crippen LogP contribution < -0.4 is 16.8 Å². The number of benzene rings is 1. The van der Waals surface area contributed by atoms with Gasteiger partial charge in [-0.1, -0.05) is 30.3 Å². The van der Waals surface area contributed by atoms with E-state index in [9.17, 15) is 9.59 Å². The van der Waals surface area contributed by atoms with Crippen LogP contribution in [0, 0.1) is 0 Å². The van der Waals surface area contributed by atoms with Gasteiger partial charge in [0.05, 0.1) is 6.04 Å². The second-order valence-electron chi connectivity index (χ2n) is 3.15. The van der Waals surface area contributed by atoms with Crippen LogP contribution in [0.3, 0.4) is 0 Å². The Hall–Kier alpha value is -1.88. The lowest BCUT2D eigenvalue weighted by molar-refractivity contribution is -0.121. The Morgan fingerprint density at radius 2 is 1.87 bits per heavy atom. The van der Waals surface area contributed by atoms with E-state index < -0.39 is 18.0 Å². The Morgan fingerprint density at radius 3 is 2.40 bits per heavy atom. The first-order valence-corrected chi connectivity index (χ1v) is 4.49. The van der Waals surface area contributed by atoms with Crippen molar-refractivity contribution >= 4 is 11.9 Å². The fourth-order valence-electron chi connectivity index (χ4n) is 1.17. The smallest absolute Gasteiger partial charge is 0.318 e. The van der Waals surface area contributed by atoms with Crippen LogP contribution in [0.2, 0.25) is 0 Å². The van der Waals surface area contributed by atoms with E-state index in [1.165, 1.54) is 0 Å². The van der Waals surface area contributed by atoms with Gasteiger partial charge >= 0.3 is 6.03 Å². The summed E-state index contributed by atoms with van der Waals surface area (Å²) in [5.74, 6) is -0.564. The van der Waals surface area contributed by atoms with Crippen LogP contribution in [0.15, 0.2) is 30.3 Å². The van der Waals surface area contributed by atoms with Gasteiger partial charge in [0.1, 0.15) is 0 Å². The van der Waals surface area contributed by atoms with Gasteiger partial charge in [0.2, 0.25) is 5.91 Å². The number of hydrogen-bond donors (Lipinski definition) is 3. The molecule has 80 valence electrons. The third-order valence-electron chi connectivity index (χ3n) is 1.88. The van der Waals surface area contributed by atoms with E-state index >= 15 is 0 Å². The Kier molecular flexibility index (Phi) is 3.82. The molecule has 1 unspecified atom stereocenters. The van der Waals surface area contributed by atoms with Crippen LogP contribution in [0.5, 0.6) is 0 Å². The summed E-state index contributed by atoms with van der Waals surface area (Å²) in [4.78, 5) is 21.6. The number of nitrogens with one attached hydrogen (secondary N) is 1. The van der Waals surface area contributed by atoms with Crippen LogP contribution in [-0.2, 0) is 11.2 Å². The molecule has 5 N–H and O–H groups in total. The van der Waals surface area contributed by atoms with Gasteiger partial charge in [0, 0.05) is 0 Å².